The van der Waals surface area contributed by atoms with E-state index in [1.807, 2.05) is 0 Å². The monoisotopic (exact) mass is 379 g/mol. The number of ether oxygens (including phenoxy) is 2. The van der Waals surface area contributed by atoms with Crippen LogP contribution in [0, 0.1) is 0 Å². The summed E-state index contributed by atoms with van der Waals surface area (Å²) < 4.78 is 38.1. The van der Waals surface area contributed by atoms with Crippen LogP contribution < -0.4 is 14.2 Å². The Bertz CT molecular complexity index is 1020. The van der Waals surface area contributed by atoms with E-state index in [-0.39, 0.29) is 10.7 Å². The summed E-state index contributed by atoms with van der Waals surface area (Å²) in [6.45, 7) is 0. The van der Waals surface area contributed by atoms with Crippen molar-refractivity contribution in [1.29, 1.82) is 0 Å². The number of nitrogens with one attached hydrogen (secondary N) is 1. The van der Waals surface area contributed by atoms with Gasteiger partial charge in [0, 0.05) is 16.5 Å². The number of methoxy groups -OCH3 is 2. The predicted octanol–water partition coefficient (Wildman–Crippen LogP) is 3.10. The zero-order valence-electron chi connectivity index (χ0n) is 13.4. The van der Waals surface area contributed by atoms with Crippen LogP contribution in [0.15, 0.2) is 47.6 Å². The number of aromatic nitrogens is 2. The lowest BCUT2D eigenvalue weighted by molar-refractivity contribution is 0.356. The largest absolute Gasteiger partial charge is 0.493 e. The average molecular weight is 380 g/mol. The van der Waals surface area contributed by atoms with E-state index in [0.29, 0.717) is 27.4 Å². The summed E-state index contributed by atoms with van der Waals surface area (Å²) in [5.41, 5.74) is 0.515. The Hall–Kier alpha value is -2.58. The van der Waals surface area contributed by atoms with Gasteiger partial charge in [0.2, 0.25) is 0 Å². The number of halogens is 1. The Morgan fingerprint density at radius 2 is 1.64 bits per heavy atom. The van der Waals surface area contributed by atoms with E-state index in [4.69, 9.17) is 21.1 Å². The molecule has 0 aliphatic heterocycles. The average Bonchev–Trinajstić information content (AvgIpc) is 2.61. The van der Waals surface area contributed by atoms with Gasteiger partial charge in [-0.3, -0.25) is 4.72 Å². The molecular formula is C16H14ClN3O4S. The Balaban J connectivity index is 2.08. The van der Waals surface area contributed by atoms with Crippen LogP contribution in [0.1, 0.15) is 0 Å². The molecule has 0 aliphatic rings. The van der Waals surface area contributed by atoms with Crippen LogP contribution in [0.2, 0.25) is 5.02 Å². The van der Waals surface area contributed by atoms with E-state index in [0.717, 1.165) is 0 Å². The number of anilines is 1. The number of benzene rings is 2. The van der Waals surface area contributed by atoms with E-state index < -0.39 is 10.0 Å². The van der Waals surface area contributed by atoms with Crippen molar-refractivity contribution >= 4 is 38.3 Å². The molecule has 3 rings (SSSR count). The number of sulfonamides is 1. The molecule has 0 radical (unpaired) electrons. The summed E-state index contributed by atoms with van der Waals surface area (Å²) in [5.74, 6) is 1.07. The maximum Gasteiger partial charge on any atom is 0.263 e. The van der Waals surface area contributed by atoms with Crippen LogP contribution in [0.3, 0.4) is 0 Å². The van der Waals surface area contributed by atoms with Gasteiger partial charge in [0.1, 0.15) is 6.33 Å². The van der Waals surface area contributed by atoms with Crippen molar-refractivity contribution in [3.05, 3.63) is 47.7 Å². The topological polar surface area (TPSA) is 90.4 Å². The van der Waals surface area contributed by atoms with Gasteiger partial charge in [0.15, 0.2) is 17.3 Å². The summed E-state index contributed by atoms with van der Waals surface area (Å²) in [5, 5.41) is 0.931. The SMILES string of the molecule is COc1cc2ncnc(NS(=O)(=O)c3ccc(Cl)cc3)c2cc1OC. The molecule has 25 heavy (non-hydrogen) atoms. The molecular weight excluding hydrogens is 366 g/mol. The molecule has 0 saturated carbocycles. The third kappa shape index (κ3) is 3.45. The van der Waals surface area contributed by atoms with Crippen molar-refractivity contribution in [2.45, 2.75) is 4.90 Å². The lowest BCUT2D eigenvalue weighted by Crippen LogP contribution is -2.14. The molecule has 1 aromatic heterocycles. The first-order valence-corrected chi connectivity index (χ1v) is 8.96. The third-order valence-corrected chi connectivity index (χ3v) is 5.10. The number of hydrogen-bond acceptors (Lipinski definition) is 6. The molecule has 0 bridgehead atoms. The Morgan fingerprint density at radius 1 is 1.00 bits per heavy atom. The zero-order valence-corrected chi connectivity index (χ0v) is 14.9. The van der Waals surface area contributed by atoms with E-state index >= 15 is 0 Å². The fourth-order valence-corrected chi connectivity index (χ4v) is 3.42. The van der Waals surface area contributed by atoms with Crippen LogP contribution in [-0.4, -0.2) is 32.6 Å². The van der Waals surface area contributed by atoms with Crippen molar-refractivity contribution in [2.24, 2.45) is 0 Å². The smallest absolute Gasteiger partial charge is 0.263 e. The zero-order chi connectivity index (χ0) is 18.0. The van der Waals surface area contributed by atoms with Crippen molar-refractivity contribution in [3.63, 3.8) is 0 Å². The minimum absolute atomic E-state index is 0.0733. The number of rotatable bonds is 5. The van der Waals surface area contributed by atoms with Crippen molar-refractivity contribution in [3.8, 4) is 11.5 Å². The molecule has 7 nitrogen and oxygen atoms in total. The first-order valence-electron chi connectivity index (χ1n) is 7.09. The van der Waals surface area contributed by atoms with Gasteiger partial charge in [-0.1, -0.05) is 11.6 Å². The van der Waals surface area contributed by atoms with Crippen molar-refractivity contribution in [2.75, 3.05) is 18.9 Å². The normalized spacial score (nSPS) is 11.3. The molecule has 130 valence electrons. The summed E-state index contributed by atoms with van der Waals surface area (Å²) in [6, 6.07) is 9.10. The number of hydrogen-bond donors (Lipinski definition) is 1. The van der Waals surface area contributed by atoms with Gasteiger partial charge in [-0.2, -0.15) is 0 Å². The highest BCUT2D eigenvalue weighted by Crippen LogP contribution is 2.34. The standard InChI is InChI=1S/C16H14ClN3O4S/c1-23-14-7-12-13(8-15(14)24-2)18-9-19-16(12)20-25(21,22)11-5-3-10(17)4-6-11/h3-9H,1-2H3,(H,18,19,20). The van der Waals surface area contributed by atoms with Crippen molar-refractivity contribution in [1.82, 2.24) is 9.97 Å². The maximum atomic E-state index is 12.6. The molecule has 0 saturated heterocycles. The summed E-state index contributed by atoms with van der Waals surface area (Å²) in [4.78, 5) is 8.26. The summed E-state index contributed by atoms with van der Waals surface area (Å²) >= 11 is 5.80. The highest BCUT2D eigenvalue weighted by molar-refractivity contribution is 7.92. The molecule has 1 heterocycles. The van der Waals surface area contributed by atoms with E-state index in [1.165, 1.54) is 44.8 Å². The maximum absolute atomic E-state index is 12.6. The molecule has 0 spiro atoms. The van der Waals surface area contributed by atoms with Crippen molar-refractivity contribution < 1.29 is 17.9 Å². The third-order valence-electron chi connectivity index (χ3n) is 3.50. The van der Waals surface area contributed by atoms with Gasteiger partial charge in [-0.15, -0.1) is 0 Å². The second-order valence-electron chi connectivity index (χ2n) is 5.01. The Morgan fingerprint density at radius 3 is 2.28 bits per heavy atom. The Kier molecular flexibility index (Phi) is 4.65. The fraction of sp³-hybridized carbons (Fsp3) is 0.125. The molecule has 0 amide bonds. The lowest BCUT2D eigenvalue weighted by atomic mass is 10.2. The van der Waals surface area contributed by atoms with Gasteiger partial charge >= 0.3 is 0 Å². The highest BCUT2D eigenvalue weighted by Gasteiger charge is 2.18. The van der Waals surface area contributed by atoms with Gasteiger partial charge in [0.05, 0.1) is 24.6 Å². The minimum Gasteiger partial charge on any atom is -0.493 e. The van der Waals surface area contributed by atoms with E-state index in [2.05, 4.69) is 14.7 Å². The van der Waals surface area contributed by atoms with E-state index in [1.54, 1.807) is 12.1 Å². The van der Waals surface area contributed by atoms with E-state index in [9.17, 15) is 8.42 Å². The second-order valence-corrected chi connectivity index (χ2v) is 7.12. The second kappa shape index (κ2) is 6.73. The molecule has 0 aliphatic carbocycles. The first kappa shape index (κ1) is 17.2. The molecule has 1 N–H and O–H groups in total. The molecule has 9 heteroatoms. The van der Waals surface area contributed by atoms with Gasteiger partial charge < -0.3 is 9.47 Å². The summed E-state index contributed by atoms with van der Waals surface area (Å²) in [7, 11) is -0.828. The van der Waals surface area contributed by atoms with Gasteiger partial charge in [0.25, 0.3) is 10.0 Å². The van der Waals surface area contributed by atoms with Crippen LogP contribution >= 0.6 is 11.6 Å². The fourth-order valence-electron chi connectivity index (χ4n) is 2.26. The molecule has 0 unspecified atom stereocenters. The predicted molar refractivity (Wildman–Crippen MR) is 94.9 cm³/mol. The minimum atomic E-state index is -3.83. The molecule has 0 fully saturated rings. The van der Waals surface area contributed by atoms with Crippen LogP contribution in [0.4, 0.5) is 5.82 Å². The first-order chi connectivity index (χ1) is 11.9. The number of fused-ring (bicyclic) bond motifs is 1. The Labute approximate surface area is 149 Å². The van der Waals surface area contributed by atoms with Gasteiger partial charge in [-0.25, -0.2) is 18.4 Å². The number of nitrogens with zero attached hydrogens (tertiary/aromatic N) is 2. The van der Waals surface area contributed by atoms with Crippen LogP contribution in [0.25, 0.3) is 10.9 Å². The molecule has 0 atom stereocenters. The van der Waals surface area contributed by atoms with Gasteiger partial charge in [-0.05, 0) is 30.3 Å². The highest BCUT2D eigenvalue weighted by atomic mass is 35.5. The molecule has 2 aromatic carbocycles. The lowest BCUT2D eigenvalue weighted by Gasteiger charge is -2.12. The molecule has 3 aromatic rings. The quantitative estimate of drug-likeness (QED) is 0.732. The summed E-state index contributed by atoms with van der Waals surface area (Å²) in [6.07, 6.45) is 1.27. The van der Waals surface area contributed by atoms with Crippen LogP contribution in [-0.2, 0) is 10.0 Å². The van der Waals surface area contributed by atoms with Crippen LogP contribution in [0.5, 0.6) is 11.5 Å².